The van der Waals surface area contributed by atoms with Gasteiger partial charge < -0.3 is 15.3 Å². The molecule has 5 rings (SSSR count). The standard InChI is InChI=1S/C28H27N3O6S/c32-26(21-15-14-19-8-4-5-9-20(19)16-21)29-24-13-7-6-10-22-17-30(18-25(28(34)35)31(22)27(24)33)38(36,37)23-11-2-1-3-12-23/h1-9,11-12,14-16,22,24-25H,10,13,17-18H2,(H,29,32)(H,34,35)/t22-,24-,25-/m0/s1. The van der Waals surface area contributed by atoms with E-state index in [4.69, 9.17) is 0 Å². The van der Waals surface area contributed by atoms with Crippen LogP contribution in [-0.2, 0) is 19.6 Å². The van der Waals surface area contributed by atoms with Gasteiger partial charge in [-0.05, 0) is 47.9 Å². The molecule has 2 aliphatic rings. The number of fused-ring (bicyclic) bond motifs is 2. The van der Waals surface area contributed by atoms with Gasteiger partial charge in [-0.3, -0.25) is 9.59 Å². The number of nitrogens with zero attached hydrogens (tertiary/aromatic N) is 2. The molecule has 0 saturated carbocycles. The van der Waals surface area contributed by atoms with E-state index in [0.29, 0.717) is 12.0 Å². The fraction of sp³-hybridized carbons (Fsp3) is 0.250. The summed E-state index contributed by atoms with van der Waals surface area (Å²) in [6.45, 7) is -0.438. The Balaban J connectivity index is 1.41. The molecule has 10 heteroatoms. The third-order valence-electron chi connectivity index (χ3n) is 7.00. The smallest absolute Gasteiger partial charge is 0.327 e. The molecular weight excluding hydrogens is 506 g/mol. The normalized spacial score (nSPS) is 22.4. The molecule has 1 fully saturated rings. The Hall–Kier alpha value is -4.02. The number of carbonyl (C=O) groups excluding carboxylic acids is 2. The molecule has 0 aliphatic carbocycles. The SMILES string of the molecule is O=C(N[C@H]1CC=CC[C@H]2CN(S(=O)(=O)c3ccccc3)C[C@@H](C(=O)O)N2C1=O)c1ccc2ccccc2c1. The topological polar surface area (TPSA) is 124 Å². The van der Waals surface area contributed by atoms with E-state index in [1.54, 1.807) is 42.5 Å². The number of rotatable bonds is 5. The number of piperazine rings is 1. The number of aliphatic carboxylic acids is 1. The molecule has 38 heavy (non-hydrogen) atoms. The summed E-state index contributed by atoms with van der Waals surface area (Å²) in [6.07, 6.45) is 4.05. The minimum absolute atomic E-state index is 0.0531. The predicted molar refractivity (Wildman–Crippen MR) is 141 cm³/mol. The Morgan fingerprint density at radius 2 is 1.55 bits per heavy atom. The van der Waals surface area contributed by atoms with Gasteiger partial charge in [0.2, 0.25) is 15.9 Å². The van der Waals surface area contributed by atoms with Crippen molar-refractivity contribution in [3.8, 4) is 0 Å². The Labute approximate surface area is 220 Å². The summed E-state index contributed by atoms with van der Waals surface area (Å²) in [5, 5.41) is 14.7. The molecule has 3 aromatic carbocycles. The van der Waals surface area contributed by atoms with Gasteiger partial charge in [-0.2, -0.15) is 4.31 Å². The van der Waals surface area contributed by atoms with Gasteiger partial charge >= 0.3 is 5.97 Å². The van der Waals surface area contributed by atoms with Crippen molar-refractivity contribution < 1.29 is 27.9 Å². The van der Waals surface area contributed by atoms with Gasteiger partial charge in [0, 0.05) is 24.7 Å². The molecule has 0 spiro atoms. The average molecular weight is 534 g/mol. The van der Waals surface area contributed by atoms with Crippen molar-refractivity contribution >= 4 is 38.6 Å². The zero-order valence-corrected chi connectivity index (χ0v) is 21.3. The molecule has 0 bridgehead atoms. The maximum absolute atomic E-state index is 13.7. The van der Waals surface area contributed by atoms with Crippen molar-refractivity contribution in [2.75, 3.05) is 13.1 Å². The van der Waals surface area contributed by atoms with Crippen molar-refractivity contribution in [2.45, 2.75) is 35.9 Å². The average Bonchev–Trinajstić information content (AvgIpc) is 2.93. The second-order valence-electron chi connectivity index (χ2n) is 9.42. The van der Waals surface area contributed by atoms with Crippen LogP contribution in [0.1, 0.15) is 23.2 Å². The Morgan fingerprint density at radius 3 is 2.29 bits per heavy atom. The quantitative estimate of drug-likeness (QED) is 0.486. The van der Waals surface area contributed by atoms with Gasteiger partial charge in [0.05, 0.1) is 4.90 Å². The first-order chi connectivity index (χ1) is 18.3. The molecule has 2 aliphatic heterocycles. The summed E-state index contributed by atoms with van der Waals surface area (Å²) in [5.74, 6) is -2.30. The maximum Gasteiger partial charge on any atom is 0.327 e. The van der Waals surface area contributed by atoms with E-state index in [1.807, 2.05) is 30.3 Å². The summed E-state index contributed by atoms with van der Waals surface area (Å²) >= 11 is 0. The van der Waals surface area contributed by atoms with Crippen LogP contribution in [0.2, 0.25) is 0 Å². The maximum atomic E-state index is 13.7. The number of hydrogen-bond acceptors (Lipinski definition) is 5. The second-order valence-corrected chi connectivity index (χ2v) is 11.4. The fourth-order valence-electron chi connectivity index (χ4n) is 5.05. The minimum atomic E-state index is -3.97. The van der Waals surface area contributed by atoms with E-state index in [2.05, 4.69) is 5.32 Å². The van der Waals surface area contributed by atoms with Crippen LogP contribution < -0.4 is 5.32 Å². The fourth-order valence-corrected chi connectivity index (χ4v) is 6.55. The lowest BCUT2D eigenvalue weighted by atomic mass is 9.98. The third-order valence-corrected chi connectivity index (χ3v) is 8.85. The molecule has 0 radical (unpaired) electrons. The highest BCUT2D eigenvalue weighted by molar-refractivity contribution is 7.89. The summed E-state index contributed by atoms with van der Waals surface area (Å²) in [6, 6.07) is 17.6. The molecule has 196 valence electrons. The first-order valence-corrected chi connectivity index (χ1v) is 13.7. The molecule has 0 aromatic heterocycles. The van der Waals surface area contributed by atoms with Gasteiger partial charge in [0.1, 0.15) is 12.1 Å². The van der Waals surface area contributed by atoms with Crippen LogP contribution in [-0.4, -0.2) is 71.7 Å². The molecule has 9 nitrogen and oxygen atoms in total. The van der Waals surface area contributed by atoms with Crippen molar-refractivity contribution in [3.63, 3.8) is 0 Å². The van der Waals surface area contributed by atoms with Gasteiger partial charge in [0.15, 0.2) is 0 Å². The second kappa shape index (κ2) is 10.4. The van der Waals surface area contributed by atoms with E-state index < -0.39 is 45.9 Å². The van der Waals surface area contributed by atoms with E-state index in [9.17, 15) is 27.9 Å². The minimum Gasteiger partial charge on any atom is -0.480 e. The molecule has 2 amide bonds. The van der Waals surface area contributed by atoms with Crippen LogP contribution in [0.15, 0.2) is 89.8 Å². The van der Waals surface area contributed by atoms with Gasteiger partial charge in [-0.1, -0.05) is 60.7 Å². The van der Waals surface area contributed by atoms with Crippen LogP contribution in [0, 0.1) is 0 Å². The van der Waals surface area contributed by atoms with Gasteiger partial charge in [0.25, 0.3) is 5.91 Å². The number of benzene rings is 3. The van der Waals surface area contributed by atoms with Crippen LogP contribution in [0.25, 0.3) is 10.8 Å². The van der Waals surface area contributed by atoms with Crippen LogP contribution in [0.4, 0.5) is 0 Å². The highest BCUT2D eigenvalue weighted by Gasteiger charge is 2.46. The lowest BCUT2D eigenvalue weighted by Gasteiger charge is -2.46. The van der Waals surface area contributed by atoms with E-state index in [1.165, 1.54) is 17.0 Å². The van der Waals surface area contributed by atoms with E-state index in [0.717, 1.165) is 15.1 Å². The van der Waals surface area contributed by atoms with Crippen LogP contribution >= 0.6 is 0 Å². The molecule has 0 unspecified atom stereocenters. The monoisotopic (exact) mass is 533 g/mol. The van der Waals surface area contributed by atoms with Crippen LogP contribution in [0.5, 0.6) is 0 Å². The summed E-state index contributed by atoms with van der Waals surface area (Å²) in [5.41, 5.74) is 0.382. The van der Waals surface area contributed by atoms with Crippen molar-refractivity contribution in [1.29, 1.82) is 0 Å². The molecule has 3 atom stereocenters. The number of sulfonamides is 1. The Bertz CT molecular complexity index is 1520. The zero-order valence-electron chi connectivity index (χ0n) is 20.4. The molecule has 2 N–H and O–H groups in total. The number of nitrogens with one attached hydrogen (secondary N) is 1. The first kappa shape index (κ1) is 25.6. The summed E-state index contributed by atoms with van der Waals surface area (Å²) < 4.78 is 27.7. The molecule has 2 heterocycles. The Kier molecular flexibility index (Phi) is 7.00. The number of carboxylic acid groups (broad SMARTS) is 1. The summed E-state index contributed by atoms with van der Waals surface area (Å²) in [4.78, 5) is 40.4. The van der Waals surface area contributed by atoms with Crippen molar-refractivity contribution in [2.24, 2.45) is 0 Å². The van der Waals surface area contributed by atoms with E-state index in [-0.39, 0.29) is 24.4 Å². The molecule has 1 saturated heterocycles. The molecule has 3 aromatic rings. The zero-order chi connectivity index (χ0) is 26.9. The highest BCUT2D eigenvalue weighted by atomic mass is 32.2. The largest absolute Gasteiger partial charge is 0.480 e. The van der Waals surface area contributed by atoms with Gasteiger partial charge in [-0.25, -0.2) is 13.2 Å². The Morgan fingerprint density at radius 1 is 0.868 bits per heavy atom. The number of carboxylic acids is 1. The first-order valence-electron chi connectivity index (χ1n) is 12.3. The predicted octanol–water partition coefficient (Wildman–Crippen LogP) is 2.64. The number of carbonyl (C=O) groups is 3. The summed E-state index contributed by atoms with van der Waals surface area (Å²) in [7, 11) is -3.97. The lowest BCUT2D eigenvalue weighted by Crippen LogP contribution is -2.66. The van der Waals surface area contributed by atoms with E-state index >= 15 is 0 Å². The van der Waals surface area contributed by atoms with Crippen molar-refractivity contribution in [1.82, 2.24) is 14.5 Å². The van der Waals surface area contributed by atoms with Crippen molar-refractivity contribution in [3.05, 3.63) is 90.5 Å². The number of amides is 2. The lowest BCUT2D eigenvalue weighted by molar-refractivity contribution is -0.156. The van der Waals surface area contributed by atoms with Gasteiger partial charge in [-0.15, -0.1) is 0 Å². The molecular formula is C28H27N3O6S. The third kappa shape index (κ3) is 4.92. The van der Waals surface area contributed by atoms with Crippen LogP contribution in [0.3, 0.4) is 0 Å². The highest BCUT2D eigenvalue weighted by Crippen LogP contribution is 2.27. The number of hydrogen-bond donors (Lipinski definition) is 2.